The number of nitrogens with one attached hydrogen (secondary N) is 1. The number of hydrogen-bond acceptors (Lipinski definition) is 6. The van der Waals surface area contributed by atoms with Crippen LogP contribution in [0.15, 0.2) is 10.7 Å². The van der Waals surface area contributed by atoms with Crippen LogP contribution >= 0.6 is 15.9 Å². The molecule has 3 N–H and O–H groups in total. The fraction of sp³-hybridized carbons (Fsp3) is 0.667. The molecule has 1 saturated heterocycles. The van der Waals surface area contributed by atoms with Gasteiger partial charge in [0.15, 0.2) is 0 Å². The number of morpholine rings is 1. The summed E-state index contributed by atoms with van der Waals surface area (Å²) in [6.07, 6.45) is 1.70. The molecule has 2 heterocycles. The number of ether oxygens (including phenoxy) is 1. The van der Waals surface area contributed by atoms with Crippen molar-refractivity contribution in [2.45, 2.75) is 38.9 Å². The Morgan fingerprint density at radius 2 is 1.89 bits per heavy atom. The number of anilines is 2. The topological polar surface area (TPSA) is 76.3 Å². The third-order valence-electron chi connectivity index (χ3n) is 2.85. The quantitative estimate of drug-likeness (QED) is 0.637. The van der Waals surface area contributed by atoms with Gasteiger partial charge in [0, 0.05) is 19.3 Å². The average molecular weight is 330 g/mol. The van der Waals surface area contributed by atoms with Crippen molar-refractivity contribution in [2.75, 3.05) is 23.4 Å². The van der Waals surface area contributed by atoms with Crippen LogP contribution in [-0.4, -0.2) is 34.3 Å². The van der Waals surface area contributed by atoms with E-state index in [4.69, 9.17) is 10.6 Å². The third-order valence-corrected chi connectivity index (χ3v) is 3.41. The Kier molecular flexibility index (Phi) is 3.72. The van der Waals surface area contributed by atoms with Crippen LogP contribution < -0.4 is 16.2 Å². The van der Waals surface area contributed by atoms with Crippen LogP contribution in [-0.2, 0) is 4.74 Å². The summed E-state index contributed by atoms with van der Waals surface area (Å²) in [4.78, 5) is 10.7. The molecular weight excluding hydrogens is 310 g/mol. The molecule has 0 radical (unpaired) electrons. The maximum Gasteiger partial charge on any atom is 0.239 e. The summed E-state index contributed by atoms with van der Waals surface area (Å²) in [5.41, 5.74) is 2.01. The van der Waals surface area contributed by atoms with Crippen LogP contribution in [0.25, 0.3) is 0 Å². The molecule has 0 spiro atoms. The Hall–Kier alpha value is -0.920. The predicted molar refractivity (Wildman–Crippen MR) is 79.0 cm³/mol. The van der Waals surface area contributed by atoms with Gasteiger partial charge in [-0.2, -0.15) is 4.98 Å². The second kappa shape index (κ2) is 4.88. The molecule has 0 aromatic carbocycles. The van der Waals surface area contributed by atoms with Gasteiger partial charge in [-0.25, -0.2) is 10.8 Å². The molecule has 1 fully saturated rings. The fourth-order valence-electron chi connectivity index (χ4n) is 2.59. The third kappa shape index (κ3) is 3.34. The Bertz CT molecular complexity index is 461. The minimum absolute atomic E-state index is 0.234. The summed E-state index contributed by atoms with van der Waals surface area (Å²) < 4.78 is 6.92. The van der Waals surface area contributed by atoms with E-state index in [1.807, 2.05) is 0 Å². The highest BCUT2D eigenvalue weighted by atomic mass is 79.9. The molecule has 106 valence electrons. The van der Waals surface area contributed by atoms with E-state index in [9.17, 15) is 0 Å². The molecule has 2 rings (SSSR count). The second-order valence-corrected chi connectivity index (χ2v) is 6.84. The van der Waals surface area contributed by atoms with E-state index in [1.54, 1.807) is 6.20 Å². The molecule has 0 atom stereocenters. The van der Waals surface area contributed by atoms with Gasteiger partial charge in [0.2, 0.25) is 5.95 Å². The van der Waals surface area contributed by atoms with Gasteiger partial charge in [-0.05, 0) is 43.6 Å². The first-order valence-corrected chi connectivity index (χ1v) is 6.96. The minimum Gasteiger partial charge on any atom is -0.366 e. The van der Waals surface area contributed by atoms with Crippen LogP contribution in [0.4, 0.5) is 11.8 Å². The molecule has 19 heavy (non-hydrogen) atoms. The average Bonchev–Trinajstić information content (AvgIpc) is 2.25. The fourth-order valence-corrected chi connectivity index (χ4v) is 3.03. The molecule has 0 saturated carbocycles. The molecule has 0 aliphatic carbocycles. The first-order valence-electron chi connectivity index (χ1n) is 6.17. The van der Waals surface area contributed by atoms with Gasteiger partial charge in [0.05, 0.1) is 15.7 Å². The molecule has 1 aromatic heterocycles. The van der Waals surface area contributed by atoms with Crippen molar-refractivity contribution in [3.05, 3.63) is 10.7 Å². The zero-order chi connectivity index (χ0) is 14.3. The monoisotopic (exact) mass is 329 g/mol. The highest BCUT2D eigenvalue weighted by Gasteiger charge is 2.39. The number of nitrogens with zero attached hydrogens (tertiary/aromatic N) is 3. The minimum atomic E-state index is -0.234. The Morgan fingerprint density at radius 3 is 2.42 bits per heavy atom. The number of nitrogen functional groups attached to an aromatic ring is 1. The van der Waals surface area contributed by atoms with E-state index >= 15 is 0 Å². The highest BCUT2D eigenvalue weighted by Crippen LogP contribution is 2.33. The molecule has 1 aliphatic rings. The second-order valence-electron chi connectivity index (χ2n) is 5.99. The van der Waals surface area contributed by atoms with Crippen molar-refractivity contribution in [2.24, 2.45) is 5.84 Å². The highest BCUT2D eigenvalue weighted by molar-refractivity contribution is 9.10. The van der Waals surface area contributed by atoms with Gasteiger partial charge in [-0.1, -0.05) is 0 Å². The van der Waals surface area contributed by atoms with E-state index in [-0.39, 0.29) is 11.2 Å². The summed E-state index contributed by atoms with van der Waals surface area (Å²) >= 11 is 3.49. The SMILES string of the molecule is CC1(C)CN(c2nc(NN)ncc2Br)CC(C)(C)O1. The lowest BCUT2D eigenvalue weighted by Crippen LogP contribution is -2.57. The van der Waals surface area contributed by atoms with E-state index in [0.717, 1.165) is 23.4 Å². The van der Waals surface area contributed by atoms with Crippen LogP contribution in [0.5, 0.6) is 0 Å². The van der Waals surface area contributed by atoms with E-state index in [1.165, 1.54) is 0 Å². The van der Waals surface area contributed by atoms with Crippen molar-refractivity contribution in [1.29, 1.82) is 0 Å². The zero-order valence-electron chi connectivity index (χ0n) is 11.7. The Morgan fingerprint density at radius 1 is 1.32 bits per heavy atom. The summed E-state index contributed by atoms with van der Waals surface area (Å²) in [6, 6.07) is 0. The van der Waals surface area contributed by atoms with Crippen molar-refractivity contribution >= 4 is 27.7 Å². The van der Waals surface area contributed by atoms with E-state index in [2.05, 4.69) is 63.9 Å². The standard InChI is InChI=1S/C12H20BrN5O/c1-11(2)6-18(7-12(3,4)19-11)9-8(13)5-15-10(16-9)17-14/h5H,6-7,14H2,1-4H3,(H,15,16,17). The molecule has 0 bridgehead atoms. The maximum atomic E-state index is 6.07. The van der Waals surface area contributed by atoms with Crippen molar-refractivity contribution < 1.29 is 4.74 Å². The van der Waals surface area contributed by atoms with Crippen molar-refractivity contribution in [1.82, 2.24) is 9.97 Å². The lowest BCUT2D eigenvalue weighted by molar-refractivity contribution is -0.133. The lowest BCUT2D eigenvalue weighted by atomic mass is 9.99. The smallest absolute Gasteiger partial charge is 0.239 e. The first-order chi connectivity index (χ1) is 8.72. The van der Waals surface area contributed by atoms with E-state index in [0.29, 0.717) is 5.95 Å². The Balaban J connectivity index is 2.35. The van der Waals surface area contributed by atoms with Crippen LogP contribution in [0.1, 0.15) is 27.7 Å². The number of aromatic nitrogens is 2. The molecule has 0 unspecified atom stereocenters. The molecule has 1 aliphatic heterocycles. The zero-order valence-corrected chi connectivity index (χ0v) is 13.3. The number of nitrogens with two attached hydrogens (primary N) is 1. The maximum absolute atomic E-state index is 6.07. The van der Waals surface area contributed by atoms with Gasteiger partial charge in [-0.15, -0.1) is 0 Å². The lowest BCUT2D eigenvalue weighted by Gasteiger charge is -2.47. The van der Waals surface area contributed by atoms with Crippen LogP contribution in [0.2, 0.25) is 0 Å². The van der Waals surface area contributed by atoms with Gasteiger partial charge in [-0.3, -0.25) is 5.43 Å². The normalized spacial score (nSPS) is 21.3. The van der Waals surface area contributed by atoms with Gasteiger partial charge in [0.1, 0.15) is 5.82 Å². The summed E-state index contributed by atoms with van der Waals surface area (Å²) in [6.45, 7) is 9.85. The largest absolute Gasteiger partial charge is 0.366 e. The number of hydrogen-bond donors (Lipinski definition) is 2. The summed E-state index contributed by atoms with van der Waals surface area (Å²) in [5, 5.41) is 0. The van der Waals surface area contributed by atoms with Crippen molar-refractivity contribution in [3.63, 3.8) is 0 Å². The molecule has 1 aromatic rings. The summed E-state index contributed by atoms with van der Waals surface area (Å²) in [5.74, 6) is 6.60. The van der Waals surface area contributed by atoms with Crippen molar-refractivity contribution in [3.8, 4) is 0 Å². The van der Waals surface area contributed by atoms with Gasteiger partial charge >= 0.3 is 0 Å². The molecule has 7 heteroatoms. The van der Waals surface area contributed by atoms with Gasteiger partial charge in [0.25, 0.3) is 0 Å². The Labute approximate surface area is 121 Å². The molecular formula is C12H20BrN5O. The number of rotatable bonds is 2. The van der Waals surface area contributed by atoms with Crippen LogP contribution in [0, 0.1) is 0 Å². The molecule has 6 nitrogen and oxygen atoms in total. The number of halogens is 1. The molecule has 0 amide bonds. The number of hydrazine groups is 1. The predicted octanol–water partition coefficient (Wildman–Crippen LogP) is 1.92. The van der Waals surface area contributed by atoms with Crippen LogP contribution in [0.3, 0.4) is 0 Å². The van der Waals surface area contributed by atoms with Gasteiger partial charge < -0.3 is 9.64 Å². The first kappa shape index (κ1) is 14.5. The van der Waals surface area contributed by atoms with E-state index < -0.39 is 0 Å². The summed E-state index contributed by atoms with van der Waals surface area (Å²) in [7, 11) is 0.